The van der Waals surface area contributed by atoms with Gasteiger partial charge in [-0.05, 0) is 56.2 Å². The summed E-state index contributed by atoms with van der Waals surface area (Å²) in [4.78, 5) is 42.2. The fourth-order valence-electron chi connectivity index (χ4n) is 5.80. The number of rotatable bonds is 7. The van der Waals surface area contributed by atoms with Crippen molar-refractivity contribution in [3.8, 4) is 11.5 Å². The van der Waals surface area contributed by atoms with Crippen LogP contribution in [0.5, 0.6) is 0 Å². The minimum atomic E-state index is -3.29. The van der Waals surface area contributed by atoms with Crippen molar-refractivity contribution in [2.24, 2.45) is 0 Å². The van der Waals surface area contributed by atoms with Gasteiger partial charge in [0.25, 0.3) is 17.7 Å². The maximum Gasteiger partial charge on any atom is 0.410 e. The normalized spacial score (nSPS) is 18.7. The average Bonchev–Trinajstić information content (AvgIpc) is 3.54. The molecule has 0 bridgehead atoms. The van der Waals surface area contributed by atoms with Crippen LogP contribution in [-0.4, -0.2) is 69.6 Å². The first-order valence-electron chi connectivity index (χ1n) is 16.3. The molecule has 3 aromatic carbocycles. The number of hydrogen-bond donors (Lipinski definition) is 1. The molecule has 1 aromatic heterocycles. The smallest absolute Gasteiger partial charge is 0.410 e. The van der Waals surface area contributed by atoms with Gasteiger partial charge in [-0.3, -0.25) is 4.79 Å². The summed E-state index contributed by atoms with van der Waals surface area (Å²) in [6.45, 7) is 3.99. The fraction of sp³-hybridized carbons (Fsp3) is 0.361. The van der Waals surface area contributed by atoms with Crippen LogP contribution >= 0.6 is 23.4 Å². The Balaban J connectivity index is 1.27. The van der Waals surface area contributed by atoms with Gasteiger partial charge in [-0.2, -0.15) is 0 Å². The lowest BCUT2D eigenvalue weighted by molar-refractivity contribution is -0.120. The van der Waals surface area contributed by atoms with E-state index >= 15 is 4.39 Å². The van der Waals surface area contributed by atoms with Gasteiger partial charge in [-0.15, -0.1) is 22.0 Å². The van der Waals surface area contributed by atoms with Crippen LogP contribution in [0.1, 0.15) is 50.1 Å². The summed E-state index contributed by atoms with van der Waals surface area (Å²) in [5.74, 6) is -6.06. The molecule has 2 aliphatic heterocycles. The van der Waals surface area contributed by atoms with E-state index in [0.29, 0.717) is 26.7 Å². The molecule has 2 aliphatic rings. The molecule has 16 heteroatoms. The van der Waals surface area contributed by atoms with Crippen LogP contribution in [0.4, 0.5) is 28.4 Å². The lowest BCUT2D eigenvalue weighted by Crippen LogP contribution is -2.50. The summed E-state index contributed by atoms with van der Waals surface area (Å²) in [5.41, 5.74) is 0.707. The number of alkyl carbamates (subject to hydrolysis) is 1. The lowest BCUT2D eigenvalue weighted by atomic mass is 9.95. The second kappa shape index (κ2) is 15.1. The van der Waals surface area contributed by atoms with Crippen molar-refractivity contribution in [3.63, 3.8) is 0 Å². The summed E-state index contributed by atoms with van der Waals surface area (Å²) in [6, 6.07) is 17.2. The van der Waals surface area contributed by atoms with Crippen molar-refractivity contribution < 1.29 is 41.4 Å². The number of hydrogen-bond acceptors (Lipinski definition) is 9. The van der Waals surface area contributed by atoms with Crippen molar-refractivity contribution in [1.82, 2.24) is 20.4 Å². The zero-order chi connectivity index (χ0) is 37.2. The Morgan fingerprint density at radius 3 is 2.52 bits per heavy atom. The predicted molar refractivity (Wildman–Crippen MR) is 187 cm³/mol. The summed E-state index contributed by atoms with van der Waals surface area (Å²) in [5, 5.41) is 11.1. The number of amides is 3. The number of nitrogens with one attached hydrogen (secondary N) is 1. The Labute approximate surface area is 306 Å². The van der Waals surface area contributed by atoms with Gasteiger partial charge in [-0.25, -0.2) is 22.8 Å². The molecule has 6 rings (SSSR count). The zero-order valence-corrected chi connectivity index (χ0v) is 30.0. The topological polar surface area (TPSA) is 127 Å². The first-order chi connectivity index (χ1) is 24.6. The number of ether oxygens (including phenoxy) is 2. The Hall–Kier alpha value is -4.76. The van der Waals surface area contributed by atoms with Crippen LogP contribution in [0.25, 0.3) is 11.5 Å². The van der Waals surface area contributed by atoms with Gasteiger partial charge >= 0.3 is 12.2 Å². The van der Waals surface area contributed by atoms with Crippen LogP contribution in [0.3, 0.4) is 0 Å². The molecule has 11 nitrogen and oxygen atoms in total. The molecule has 274 valence electrons. The Morgan fingerprint density at radius 2 is 1.81 bits per heavy atom. The number of halogens is 4. The second-order valence-electron chi connectivity index (χ2n) is 13.5. The number of likely N-dealkylation sites (tertiary alicyclic amines) is 1. The average molecular weight is 758 g/mol. The Bertz CT molecular complexity index is 1940. The van der Waals surface area contributed by atoms with Crippen molar-refractivity contribution in [2.75, 3.05) is 23.7 Å². The van der Waals surface area contributed by atoms with Crippen molar-refractivity contribution in [3.05, 3.63) is 94.6 Å². The number of thioether (sulfide) groups is 1. The Kier molecular flexibility index (Phi) is 10.7. The highest BCUT2D eigenvalue weighted by Gasteiger charge is 2.45. The van der Waals surface area contributed by atoms with Gasteiger partial charge in [-0.1, -0.05) is 54.1 Å². The van der Waals surface area contributed by atoms with Crippen LogP contribution in [0.2, 0.25) is 5.02 Å². The largest absolute Gasteiger partial charge is 0.445 e. The predicted octanol–water partition coefficient (Wildman–Crippen LogP) is 7.82. The summed E-state index contributed by atoms with van der Waals surface area (Å²) >= 11 is 7.24. The van der Waals surface area contributed by atoms with Gasteiger partial charge in [0.05, 0.1) is 30.3 Å². The molecule has 1 unspecified atom stereocenters. The van der Waals surface area contributed by atoms with E-state index in [1.54, 1.807) is 75.4 Å². The van der Waals surface area contributed by atoms with E-state index in [9.17, 15) is 23.2 Å². The minimum Gasteiger partial charge on any atom is -0.445 e. The molecule has 1 N–H and O–H groups in total. The number of fused-ring (bicyclic) bond motifs is 1. The molecule has 0 aliphatic carbocycles. The molecule has 0 spiro atoms. The molecule has 2 atom stereocenters. The molecule has 3 heterocycles. The summed E-state index contributed by atoms with van der Waals surface area (Å²) in [6.07, 6.45) is -2.40. The van der Waals surface area contributed by atoms with Crippen molar-refractivity contribution >= 4 is 47.1 Å². The molecular weight excluding hydrogens is 723 g/mol. The monoisotopic (exact) mass is 757 g/mol. The third kappa shape index (κ3) is 8.99. The molecule has 52 heavy (non-hydrogen) atoms. The van der Waals surface area contributed by atoms with Crippen LogP contribution in [0, 0.1) is 5.82 Å². The molecule has 4 aromatic rings. The number of carbonyl (C=O) groups excluding carboxylic acids is 3. The molecule has 0 saturated carbocycles. The number of nitrogens with zero attached hydrogens (tertiary/aromatic N) is 4. The van der Waals surface area contributed by atoms with Crippen molar-refractivity contribution in [1.29, 1.82) is 0 Å². The van der Waals surface area contributed by atoms with Gasteiger partial charge in [0.2, 0.25) is 5.89 Å². The van der Waals surface area contributed by atoms with E-state index in [1.165, 1.54) is 17.0 Å². The third-order valence-corrected chi connectivity index (χ3v) is 9.54. The quantitative estimate of drug-likeness (QED) is 0.201. The van der Waals surface area contributed by atoms with Crippen LogP contribution < -0.4 is 10.2 Å². The standard InChI is InChI=1S/C36H35ClF3N5O6S/c1-35(2,3)51-33(47)41-27-19-52-29-14-26(38)25(13-28(29)45(32(27)46)16-21-9-11-24(37)12-10-21)31-43-42-30(50-31)23-15-36(39,40)20-44(17-23)34(48)49-18-22-7-5-4-6-8-22/h4-14,23,27H,15-20H2,1-3H3,(H,41,47)/t23?,27-/m0/s1. The van der Waals surface area contributed by atoms with E-state index in [4.69, 9.17) is 25.5 Å². The maximum absolute atomic E-state index is 15.8. The van der Waals surface area contributed by atoms with Gasteiger partial charge in [0.15, 0.2) is 0 Å². The minimum absolute atomic E-state index is 0.0313. The summed E-state index contributed by atoms with van der Waals surface area (Å²) in [7, 11) is 0. The molecule has 1 saturated heterocycles. The van der Waals surface area contributed by atoms with Gasteiger partial charge < -0.3 is 29.0 Å². The van der Waals surface area contributed by atoms with Crippen LogP contribution in [-0.2, 0) is 27.4 Å². The molecule has 0 radical (unpaired) electrons. The fourth-order valence-corrected chi connectivity index (χ4v) is 7.00. The highest BCUT2D eigenvalue weighted by atomic mass is 35.5. The number of alkyl halides is 2. The second-order valence-corrected chi connectivity index (χ2v) is 15.0. The van der Waals surface area contributed by atoms with E-state index in [0.717, 1.165) is 16.7 Å². The van der Waals surface area contributed by atoms with E-state index < -0.39 is 60.4 Å². The van der Waals surface area contributed by atoms with Crippen molar-refractivity contribution in [2.45, 2.75) is 68.7 Å². The first kappa shape index (κ1) is 37.0. The van der Waals surface area contributed by atoms with E-state index in [2.05, 4.69) is 15.5 Å². The SMILES string of the molecule is CC(C)(C)OC(=O)N[C@H]1CSc2cc(F)c(-c3nnc(C4CN(C(=O)OCc5ccccc5)CC(F)(F)C4)o3)cc2N(Cc2ccc(Cl)cc2)C1=O. The number of piperidine rings is 1. The highest BCUT2D eigenvalue weighted by molar-refractivity contribution is 7.99. The van der Waals surface area contributed by atoms with Crippen LogP contribution in [0.15, 0.2) is 76.0 Å². The van der Waals surface area contributed by atoms with Gasteiger partial charge in [0.1, 0.15) is 24.1 Å². The zero-order valence-electron chi connectivity index (χ0n) is 28.4. The summed E-state index contributed by atoms with van der Waals surface area (Å²) < 4.78 is 62.1. The Morgan fingerprint density at radius 1 is 1.08 bits per heavy atom. The lowest BCUT2D eigenvalue weighted by Gasteiger charge is -2.35. The third-order valence-electron chi connectivity index (χ3n) is 8.15. The molecular formula is C36H35ClF3N5O6S. The number of aromatic nitrogens is 2. The van der Waals surface area contributed by atoms with E-state index in [1.807, 2.05) is 0 Å². The van der Waals surface area contributed by atoms with Gasteiger partial charge in [0, 0.05) is 28.6 Å². The first-order valence-corrected chi connectivity index (χ1v) is 17.7. The molecule has 3 amide bonds. The maximum atomic E-state index is 15.8. The number of anilines is 1. The molecule has 1 fully saturated rings. The van der Waals surface area contributed by atoms with E-state index in [-0.39, 0.29) is 42.8 Å². The number of benzene rings is 3. The highest BCUT2D eigenvalue weighted by Crippen LogP contribution is 2.41. The number of carbonyl (C=O) groups is 3.